The standard InChI is InChI=1S/C21H22FN3O4S/c1-11-17-19(23-10-24-20(17)30-18(11)21(26)27)25-15-8-3-12(22)9-16(15)29-14-6-4-13(28-2)5-7-14/h3,8-10,13-14H,4-7H2,1-2H3,(H,26,27)(H,23,24,25)/t13-,14-. The zero-order chi connectivity index (χ0) is 21.3. The van der Waals surface area contributed by atoms with Crippen molar-refractivity contribution in [2.75, 3.05) is 12.4 Å². The van der Waals surface area contributed by atoms with Crippen LogP contribution in [-0.4, -0.2) is 40.4 Å². The van der Waals surface area contributed by atoms with Crippen LogP contribution in [0, 0.1) is 12.7 Å². The lowest BCUT2D eigenvalue weighted by molar-refractivity contribution is 0.0329. The third-order valence-corrected chi connectivity index (χ3v) is 6.55. The molecular formula is C21H22FN3O4S. The first-order chi connectivity index (χ1) is 14.5. The summed E-state index contributed by atoms with van der Waals surface area (Å²) < 4.78 is 25.5. The lowest BCUT2D eigenvalue weighted by Crippen LogP contribution is -2.27. The fourth-order valence-electron chi connectivity index (χ4n) is 3.76. The van der Waals surface area contributed by atoms with Crippen molar-refractivity contribution in [2.45, 2.75) is 44.8 Å². The molecule has 0 aliphatic heterocycles. The Morgan fingerprint density at radius 2 is 1.97 bits per heavy atom. The Bertz CT molecular complexity index is 1080. The topological polar surface area (TPSA) is 93.6 Å². The molecule has 0 bridgehead atoms. The normalized spacial score (nSPS) is 19.0. The van der Waals surface area contributed by atoms with Crippen LogP contribution in [0.5, 0.6) is 5.75 Å². The summed E-state index contributed by atoms with van der Waals surface area (Å²) >= 11 is 1.10. The quantitative estimate of drug-likeness (QED) is 0.572. The van der Waals surface area contributed by atoms with Crippen LogP contribution in [-0.2, 0) is 4.74 Å². The van der Waals surface area contributed by atoms with Gasteiger partial charge in [-0.05, 0) is 50.3 Å². The number of anilines is 2. The van der Waals surface area contributed by atoms with E-state index in [1.807, 2.05) is 0 Å². The van der Waals surface area contributed by atoms with Gasteiger partial charge in [-0.1, -0.05) is 0 Å². The van der Waals surface area contributed by atoms with E-state index in [1.165, 1.54) is 18.5 Å². The maximum atomic E-state index is 13.9. The molecule has 0 spiro atoms. The minimum atomic E-state index is -1.00. The van der Waals surface area contributed by atoms with Crippen molar-refractivity contribution in [1.29, 1.82) is 0 Å². The Hall–Kier alpha value is -2.78. The molecule has 0 unspecified atom stereocenters. The molecular weight excluding hydrogens is 409 g/mol. The fourth-order valence-corrected chi connectivity index (χ4v) is 4.75. The van der Waals surface area contributed by atoms with Crippen molar-refractivity contribution < 1.29 is 23.8 Å². The molecule has 1 aliphatic rings. The van der Waals surface area contributed by atoms with Gasteiger partial charge in [-0.2, -0.15) is 0 Å². The van der Waals surface area contributed by atoms with Crippen molar-refractivity contribution in [2.24, 2.45) is 0 Å². The highest BCUT2D eigenvalue weighted by atomic mass is 32.1. The molecule has 1 fully saturated rings. The Balaban J connectivity index is 1.63. The number of rotatable bonds is 6. The van der Waals surface area contributed by atoms with Crippen LogP contribution in [0.4, 0.5) is 15.9 Å². The summed E-state index contributed by atoms with van der Waals surface area (Å²) in [5, 5.41) is 13.2. The van der Waals surface area contributed by atoms with E-state index in [0.717, 1.165) is 37.0 Å². The van der Waals surface area contributed by atoms with Gasteiger partial charge >= 0.3 is 5.97 Å². The third kappa shape index (κ3) is 4.08. The van der Waals surface area contributed by atoms with Gasteiger partial charge in [0.05, 0.1) is 23.3 Å². The average molecular weight is 431 g/mol. The summed E-state index contributed by atoms with van der Waals surface area (Å²) in [4.78, 5) is 20.8. The van der Waals surface area contributed by atoms with Gasteiger partial charge in [0, 0.05) is 13.2 Å². The molecule has 2 N–H and O–H groups in total. The van der Waals surface area contributed by atoms with E-state index in [2.05, 4.69) is 15.3 Å². The summed E-state index contributed by atoms with van der Waals surface area (Å²) in [5.74, 6) is -0.539. The summed E-state index contributed by atoms with van der Waals surface area (Å²) in [6.07, 6.45) is 5.06. The minimum Gasteiger partial charge on any atom is -0.488 e. The second-order valence-electron chi connectivity index (χ2n) is 7.28. The second-order valence-corrected chi connectivity index (χ2v) is 8.28. The molecule has 1 aromatic carbocycles. The lowest BCUT2D eigenvalue weighted by Gasteiger charge is -2.28. The van der Waals surface area contributed by atoms with Gasteiger partial charge in [-0.25, -0.2) is 19.2 Å². The number of thiophene rings is 1. The van der Waals surface area contributed by atoms with Gasteiger partial charge in [0.2, 0.25) is 0 Å². The van der Waals surface area contributed by atoms with Gasteiger partial charge < -0.3 is 19.9 Å². The number of nitrogens with one attached hydrogen (secondary N) is 1. The summed E-state index contributed by atoms with van der Waals surface area (Å²) in [6.45, 7) is 1.73. The van der Waals surface area contributed by atoms with Crippen molar-refractivity contribution in [3.05, 3.63) is 40.8 Å². The number of aromatic carboxylic acids is 1. The van der Waals surface area contributed by atoms with Crippen LogP contribution >= 0.6 is 11.3 Å². The number of nitrogens with zero attached hydrogens (tertiary/aromatic N) is 2. The van der Waals surface area contributed by atoms with Crippen LogP contribution in [0.25, 0.3) is 10.2 Å². The number of fused-ring (bicyclic) bond motifs is 1. The van der Waals surface area contributed by atoms with Gasteiger partial charge in [0.15, 0.2) is 0 Å². The van der Waals surface area contributed by atoms with Gasteiger partial charge in [-0.3, -0.25) is 0 Å². The fraction of sp³-hybridized carbons (Fsp3) is 0.381. The number of aryl methyl sites for hydroxylation is 1. The average Bonchev–Trinajstić information content (AvgIpc) is 3.08. The highest BCUT2D eigenvalue weighted by Crippen LogP contribution is 2.37. The molecule has 0 atom stereocenters. The maximum Gasteiger partial charge on any atom is 0.346 e. The molecule has 2 aromatic heterocycles. The number of methoxy groups -OCH3 is 1. The number of carboxylic acid groups (broad SMARTS) is 1. The van der Waals surface area contributed by atoms with Crippen LogP contribution in [0.15, 0.2) is 24.5 Å². The van der Waals surface area contributed by atoms with E-state index in [9.17, 15) is 14.3 Å². The smallest absolute Gasteiger partial charge is 0.346 e. The number of halogens is 1. The van der Waals surface area contributed by atoms with Crippen molar-refractivity contribution in [3.63, 3.8) is 0 Å². The molecule has 2 heterocycles. The summed E-state index contributed by atoms with van der Waals surface area (Å²) in [7, 11) is 1.71. The molecule has 9 heteroatoms. The van der Waals surface area contributed by atoms with Crippen LogP contribution in [0.3, 0.4) is 0 Å². The van der Waals surface area contributed by atoms with E-state index in [-0.39, 0.29) is 17.1 Å². The van der Waals surface area contributed by atoms with Crippen LogP contribution in [0.2, 0.25) is 0 Å². The SMILES string of the molecule is CO[C@H]1CC[C@H](Oc2cc(F)ccc2Nc2ncnc3sc(C(=O)O)c(C)c23)CC1. The highest BCUT2D eigenvalue weighted by Gasteiger charge is 2.24. The first-order valence-electron chi connectivity index (χ1n) is 9.69. The van der Waals surface area contributed by atoms with E-state index in [0.29, 0.717) is 33.0 Å². The van der Waals surface area contributed by atoms with E-state index in [4.69, 9.17) is 9.47 Å². The van der Waals surface area contributed by atoms with Crippen molar-refractivity contribution in [1.82, 2.24) is 9.97 Å². The number of carbonyl (C=O) groups is 1. The lowest BCUT2D eigenvalue weighted by atomic mass is 9.95. The summed E-state index contributed by atoms with van der Waals surface area (Å²) in [5.41, 5.74) is 1.15. The van der Waals surface area contributed by atoms with E-state index >= 15 is 0 Å². The first kappa shape index (κ1) is 20.5. The van der Waals surface area contributed by atoms with Gasteiger partial charge in [0.25, 0.3) is 0 Å². The monoisotopic (exact) mass is 431 g/mol. The van der Waals surface area contributed by atoms with Crippen molar-refractivity contribution >= 4 is 39.0 Å². The second kappa shape index (κ2) is 8.53. The molecule has 0 saturated heterocycles. The van der Waals surface area contributed by atoms with Gasteiger partial charge in [-0.15, -0.1) is 11.3 Å². The number of benzene rings is 1. The van der Waals surface area contributed by atoms with E-state index < -0.39 is 11.8 Å². The molecule has 7 nitrogen and oxygen atoms in total. The molecule has 158 valence electrons. The molecule has 0 radical (unpaired) electrons. The molecule has 1 aliphatic carbocycles. The predicted octanol–water partition coefficient (Wildman–Crippen LogP) is 4.92. The Morgan fingerprint density at radius 1 is 1.23 bits per heavy atom. The number of ether oxygens (including phenoxy) is 2. The third-order valence-electron chi connectivity index (χ3n) is 5.37. The number of hydrogen-bond donors (Lipinski definition) is 2. The van der Waals surface area contributed by atoms with Gasteiger partial charge in [0.1, 0.15) is 33.4 Å². The van der Waals surface area contributed by atoms with E-state index in [1.54, 1.807) is 20.1 Å². The van der Waals surface area contributed by atoms with Crippen molar-refractivity contribution in [3.8, 4) is 5.75 Å². The maximum absolute atomic E-state index is 13.9. The number of aromatic nitrogens is 2. The molecule has 3 aromatic rings. The minimum absolute atomic E-state index is 0.0225. The summed E-state index contributed by atoms with van der Waals surface area (Å²) in [6, 6.07) is 4.30. The zero-order valence-corrected chi connectivity index (χ0v) is 17.5. The number of carboxylic acids is 1. The Kier molecular flexibility index (Phi) is 5.83. The Labute approximate surface area is 176 Å². The van der Waals surface area contributed by atoms with Crippen LogP contribution in [0.1, 0.15) is 40.9 Å². The highest BCUT2D eigenvalue weighted by molar-refractivity contribution is 7.20. The Morgan fingerprint density at radius 3 is 2.67 bits per heavy atom. The predicted molar refractivity (Wildman–Crippen MR) is 112 cm³/mol. The zero-order valence-electron chi connectivity index (χ0n) is 16.6. The molecule has 4 rings (SSSR count). The molecule has 30 heavy (non-hydrogen) atoms. The molecule has 1 saturated carbocycles. The first-order valence-corrected chi connectivity index (χ1v) is 10.5. The molecule has 0 amide bonds. The van der Waals surface area contributed by atoms with Crippen LogP contribution < -0.4 is 10.1 Å². The largest absolute Gasteiger partial charge is 0.488 e. The number of hydrogen-bond acceptors (Lipinski definition) is 7.